The second kappa shape index (κ2) is 6.13. The molecule has 6 heteroatoms. The summed E-state index contributed by atoms with van der Waals surface area (Å²) in [6.07, 6.45) is 1.87. The zero-order chi connectivity index (χ0) is 14.9. The highest BCUT2D eigenvalue weighted by Crippen LogP contribution is 2.29. The predicted molar refractivity (Wildman–Crippen MR) is 84.0 cm³/mol. The van der Waals surface area contributed by atoms with E-state index in [2.05, 4.69) is 15.9 Å². The van der Waals surface area contributed by atoms with Gasteiger partial charge in [-0.3, -0.25) is 0 Å². The second-order valence-corrected chi connectivity index (χ2v) is 8.26. The molecular formula is C14H21BrN2O2S. The third-order valence-electron chi connectivity index (χ3n) is 3.99. The normalized spacial score (nSPS) is 24.8. The summed E-state index contributed by atoms with van der Waals surface area (Å²) < 4.78 is 28.1. The number of nitrogens with two attached hydrogens (primary N) is 1. The lowest BCUT2D eigenvalue weighted by Crippen LogP contribution is -2.46. The van der Waals surface area contributed by atoms with Crippen LogP contribution in [0.2, 0.25) is 0 Å². The van der Waals surface area contributed by atoms with Gasteiger partial charge in [-0.1, -0.05) is 15.9 Å². The first-order valence-corrected chi connectivity index (χ1v) is 9.07. The Morgan fingerprint density at radius 3 is 2.70 bits per heavy atom. The van der Waals surface area contributed by atoms with Crippen molar-refractivity contribution in [3.63, 3.8) is 0 Å². The summed E-state index contributed by atoms with van der Waals surface area (Å²) in [7, 11) is -3.44. The lowest BCUT2D eigenvalue weighted by Gasteiger charge is -2.36. The fraction of sp³-hybridized carbons (Fsp3) is 0.571. The average molecular weight is 361 g/mol. The summed E-state index contributed by atoms with van der Waals surface area (Å²) in [6, 6.07) is 5.20. The maximum Gasteiger partial charge on any atom is 0.243 e. The van der Waals surface area contributed by atoms with Gasteiger partial charge in [0.2, 0.25) is 10.0 Å². The molecule has 2 unspecified atom stereocenters. The van der Waals surface area contributed by atoms with Crippen molar-refractivity contribution in [2.45, 2.75) is 37.6 Å². The van der Waals surface area contributed by atoms with Gasteiger partial charge in [0.25, 0.3) is 0 Å². The average Bonchev–Trinajstić information content (AvgIpc) is 2.42. The molecule has 0 saturated carbocycles. The van der Waals surface area contributed by atoms with Crippen molar-refractivity contribution in [3.05, 3.63) is 28.2 Å². The minimum atomic E-state index is -3.44. The van der Waals surface area contributed by atoms with E-state index in [4.69, 9.17) is 5.73 Å². The van der Waals surface area contributed by atoms with Gasteiger partial charge in [-0.05, 0) is 62.9 Å². The van der Waals surface area contributed by atoms with Gasteiger partial charge in [0.05, 0.1) is 4.90 Å². The quantitative estimate of drug-likeness (QED) is 0.900. The number of benzene rings is 1. The highest BCUT2D eigenvalue weighted by molar-refractivity contribution is 9.10. The van der Waals surface area contributed by atoms with Gasteiger partial charge in [-0.15, -0.1) is 0 Å². The number of piperidine rings is 1. The van der Waals surface area contributed by atoms with Gasteiger partial charge in [-0.25, -0.2) is 8.42 Å². The number of rotatable bonds is 3. The molecule has 1 aliphatic heterocycles. The first kappa shape index (κ1) is 15.9. The van der Waals surface area contributed by atoms with Crippen LogP contribution in [0, 0.1) is 12.8 Å². The van der Waals surface area contributed by atoms with Gasteiger partial charge in [0.1, 0.15) is 0 Å². The van der Waals surface area contributed by atoms with Crippen LogP contribution in [0.4, 0.5) is 0 Å². The van der Waals surface area contributed by atoms with E-state index in [-0.39, 0.29) is 12.0 Å². The van der Waals surface area contributed by atoms with E-state index in [1.54, 1.807) is 22.5 Å². The van der Waals surface area contributed by atoms with Crippen molar-refractivity contribution in [1.29, 1.82) is 0 Å². The Balaban J connectivity index is 2.35. The first-order valence-electron chi connectivity index (χ1n) is 6.84. The molecule has 0 radical (unpaired) electrons. The standard InChI is InChI=1S/C14H21BrN2O2S/c1-10-7-13(5-6-14(10)15)20(18,19)17-9-12(8-16)4-3-11(17)2/h5-7,11-12H,3-4,8-9,16H2,1-2H3. The molecule has 1 fully saturated rings. The summed E-state index contributed by atoms with van der Waals surface area (Å²) >= 11 is 3.40. The summed E-state index contributed by atoms with van der Waals surface area (Å²) in [5.41, 5.74) is 6.63. The number of hydrogen-bond donors (Lipinski definition) is 1. The summed E-state index contributed by atoms with van der Waals surface area (Å²) in [6.45, 7) is 4.93. The number of halogens is 1. The lowest BCUT2D eigenvalue weighted by atomic mass is 9.96. The molecule has 0 bridgehead atoms. The molecular weight excluding hydrogens is 340 g/mol. The Labute approximate surface area is 129 Å². The van der Waals surface area contributed by atoms with Crippen molar-refractivity contribution >= 4 is 26.0 Å². The van der Waals surface area contributed by atoms with Crippen LogP contribution in [-0.2, 0) is 10.0 Å². The monoisotopic (exact) mass is 360 g/mol. The topological polar surface area (TPSA) is 63.4 Å². The van der Waals surface area contributed by atoms with E-state index >= 15 is 0 Å². The summed E-state index contributed by atoms with van der Waals surface area (Å²) in [5, 5.41) is 0. The van der Waals surface area contributed by atoms with Crippen LogP contribution in [0.1, 0.15) is 25.3 Å². The van der Waals surface area contributed by atoms with Crippen LogP contribution in [0.3, 0.4) is 0 Å². The van der Waals surface area contributed by atoms with Crippen molar-refractivity contribution in [2.24, 2.45) is 11.7 Å². The van der Waals surface area contributed by atoms with Crippen LogP contribution in [-0.4, -0.2) is 31.9 Å². The molecule has 1 aromatic rings. The zero-order valence-corrected chi connectivity index (χ0v) is 14.2. The molecule has 0 aliphatic carbocycles. The van der Waals surface area contributed by atoms with Crippen molar-refractivity contribution in [2.75, 3.05) is 13.1 Å². The van der Waals surface area contributed by atoms with Crippen LogP contribution in [0.25, 0.3) is 0 Å². The van der Waals surface area contributed by atoms with E-state index in [9.17, 15) is 8.42 Å². The summed E-state index contributed by atoms with van der Waals surface area (Å²) in [4.78, 5) is 0.364. The van der Waals surface area contributed by atoms with E-state index in [1.165, 1.54) is 0 Å². The third-order valence-corrected chi connectivity index (χ3v) is 6.86. The lowest BCUT2D eigenvalue weighted by molar-refractivity contribution is 0.211. The van der Waals surface area contributed by atoms with Crippen LogP contribution in [0.5, 0.6) is 0 Å². The minimum absolute atomic E-state index is 0.0340. The molecule has 0 amide bonds. The Hall–Kier alpha value is -0.430. The molecule has 0 spiro atoms. The maximum absolute atomic E-state index is 12.8. The molecule has 0 aromatic heterocycles. The van der Waals surface area contributed by atoms with Gasteiger partial charge in [0, 0.05) is 17.1 Å². The maximum atomic E-state index is 12.8. The molecule has 2 rings (SSSR count). The van der Waals surface area contributed by atoms with Crippen LogP contribution in [0.15, 0.2) is 27.6 Å². The molecule has 2 N–H and O–H groups in total. The van der Waals surface area contributed by atoms with Gasteiger partial charge < -0.3 is 5.73 Å². The molecule has 1 aromatic carbocycles. The van der Waals surface area contributed by atoms with Gasteiger partial charge >= 0.3 is 0 Å². The molecule has 1 heterocycles. The fourth-order valence-electron chi connectivity index (χ4n) is 2.59. The largest absolute Gasteiger partial charge is 0.330 e. The third kappa shape index (κ3) is 3.08. The highest BCUT2D eigenvalue weighted by Gasteiger charge is 2.34. The van der Waals surface area contributed by atoms with Crippen LogP contribution >= 0.6 is 15.9 Å². The number of sulfonamides is 1. The molecule has 1 saturated heterocycles. The van der Waals surface area contributed by atoms with E-state index in [0.717, 1.165) is 22.9 Å². The Morgan fingerprint density at radius 1 is 1.40 bits per heavy atom. The zero-order valence-electron chi connectivity index (χ0n) is 11.8. The SMILES string of the molecule is Cc1cc(S(=O)(=O)N2CC(CN)CCC2C)ccc1Br. The second-order valence-electron chi connectivity index (χ2n) is 5.51. The van der Waals surface area contributed by atoms with Gasteiger partial charge in [-0.2, -0.15) is 4.31 Å². The molecule has 20 heavy (non-hydrogen) atoms. The first-order chi connectivity index (χ1) is 9.36. The molecule has 112 valence electrons. The number of nitrogens with zero attached hydrogens (tertiary/aromatic N) is 1. The van der Waals surface area contributed by atoms with Crippen LogP contribution < -0.4 is 5.73 Å². The highest BCUT2D eigenvalue weighted by atomic mass is 79.9. The smallest absolute Gasteiger partial charge is 0.243 e. The van der Waals surface area contributed by atoms with Crippen molar-refractivity contribution < 1.29 is 8.42 Å². The Kier molecular flexibility index (Phi) is 4.89. The molecule has 4 nitrogen and oxygen atoms in total. The number of hydrogen-bond acceptors (Lipinski definition) is 3. The van der Waals surface area contributed by atoms with Crippen molar-refractivity contribution in [1.82, 2.24) is 4.31 Å². The predicted octanol–water partition coefficient (Wildman–Crippen LogP) is 2.51. The Bertz CT molecular complexity index is 589. The summed E-state index contributed by atoms with van der Waals surface area (Å²) in [5.74, 6) is 0.262. The minimum Gasteiger partial charge on any atom is -0.330 e. The molecule has 2 atom stereocenters. The van der Waals surface area contributed by atoms with E-state index < -0.39 is 10.0 Å². The molecule has 1 aliphatic rings. The number of aryl methyl sites for hydroxylation is 1. The van der Waals surface area contributed by atoms with Crippen molar-refractivity contribution in [3.8, 4) is 0 Å². The fourth-order valence-corrected chi connectivity index (χ4v) is 4.66. The van der Waals surface area contributed by atoms with Gasteiger partial charge in [0.15, 0.2) is 0 Å². The van der Waals surface area contributed by atoms with E-state index in [0.29, 0.717) is 18.0 Å². The Morgan fingerprint density at radius 2 is 2.10 bits per heavy atom. The van der Waals surface area contributed by atoms with E-state index in [1.807, 2.05) is 13.8 Å².